The van der Waals surface area contributed by atoms with Gasteiger partial charge < -0.3 is 0 Å². The maximum Gasteiger partial charge on any atom is 0.386 e. The summed E-state index contributed by atoms with van der Waals surface area (Å²) < 4.78 is 31.1. The Morgan fingerprint density at radius 1 is 1.13 bits per heavy atom. The van der Waals surface area contributed by atoms with Crippen LogP contribution in [0.1, 0.15) is 34.6 Å². The van der Waals surface area contributed by atoms with E-state index in [0.717, 1.165) is 0 Å². The minimum Gasteiger partial charge on any atom is -0.172 e. The zero-order valence-electron chi connectivity index (χ0n) is 10.2. The number of alkyl halides is 3. The molecule has 3 heteroatoms. The van der Waals surface area contributed by atoms with E-state index in [1.807, 2.05) is 26.0 Å². The maximum absolute atomic E-state index is 10.4. The first-order valence-corrected chi connectivity index (χ1v) is 4.59. The summed E-state index contributed by atoms with van der Waals surface area (Å²) >= 11 is 0. The van der Waals surface area contributed by atoms with E-state index in [2.05, 4.69) is 26.5 Å². The molecule has 0 aromatic heterocycles. The molecule has 0 aliphatic heterocycles. The van der Waals surface area contributed by atoms with Gasteiger partial charge in [-0.2, -0.15) is 13.2 Å². The zero-order chi connectivity index (χ0) is 12.9. The molecule has 0 amide bonds. The molecule has 0 unspecified atom stereocenters. The molecular formula is C12H21F3. The molecule has 0 N–H and O–H groups in total. The van der Waals surface area contributed by atoms with Crippen molar-refractivity contribution < 1.29 is 13.2 Å². The fourth-order valence-corrected chi connectivity index (χ4v) is 0.136. The monoisotopic (exact) mass is 222 g/mol. The van der Waals surface area contributed by atoms with Crippen LogP contribution < -0.4 is 0 Å². The summed E-state index contributed by atoms with van der Waals surface area (Å²) in [7, 11) is 0. The van der Waals surface area contributed by atoms with Crippen molar-refractivity contribution in [1.29, 1.82) is 0 Å². The van der Waals surface area contributed by atoms with Crippen LogP contribution in [0.25, 0.3) is 0 Å². The lowest BCUT2D eigenvalue weighted by atomic mass is 10.3. The smallest absolute Gasteiger partial charge is 0.172 e. The molecule has 0 fully saturated rings. The topological polar surface area (TPSA) is 0 Å². The first-order valence-electron chi connectivity index (χ1n) is 4.59. The number of rotatable bonds is 1. The van der Waals surface area contributed by atoms with Gasteiger partial charge in [-0.05, 0) is 27.7 Å². The van der Waals surface area contributed by atoms with Crippen LogP contribution in [-0.2, 0) is 0 Å². The van der Waals surface area contributed by atoms with Crippen LogP contribution in [0.2, 0.25) is 0 Å². The molecule has 0 aliphatic carbocycles. The summed E-state index contributed by atoms with van der Waals surface area (Å²) in [6.45, 7) is 11.8. The Bertz CT molecular complexity index is 176. The Morgan fingerprint density at radius 3 is 1.40 bits per heavy atom. The second-order valence-electron chi connectivity index (χ2n) is 2.91. The molecule has 0 saturated carbocycles. The molecule has 0 aromatic rings. The number of hydrogen-bond acceptors (Lipinski definition) is 0. The lowest BCUT2D eigenvalue weighted by Gasteiger charge is -1.88. The SMILES string of the molecule is C=C/C=C\C.CC(F)(F)F.CC=C(C)C. The molecule has 0 saturated heterocycles. The van der Waals surface area contributed by atoms with Gasteiger partial charge in [0.2, 0.25) is 0 Å². The summed E-state index contributed by atoms with van der Waals surface area (Å²) in [5, 5.41) is 0. The van der Waals surface area contributed by atoms with Gasteiger partial charge in [0, 0.05) is 6.92 Å². The molecule has 0 aromatic carbocycles. The summed E-state index contributed by atoms with van der Waals surface area (Å²) in [6, 6.07) is 0. The van der Waals surface area contributed by atoms with E-state index in [1.54, 1.807) is 6.08 Å². The van der Waals surface area contributed by atoms with Gasteiger partial charge in [-0.15, -0.1) is 0 Å². The Morgan fingerprint density at radius 2 is 1.40 bits per heavy atom. The average molecular weight is 222 g/mol. The fourth-order valence-electron chi connectivity index (χ4n) is 0.136. The highest BCUT2D eigenvalue weighted by Crippen LogP contribution is 2.10. The highest BCUT2D eigenvalue weighted by molar-refractivity contribution is 4.94. The van der Waals surface area contributed by atoms with Crippen LogP contribution in [-0.4, -0.2) is 6.18 Å². The maximum atomic E-state index is 10.4. The van der Waals surface area contributed by atoms with E-state index in [9.17, 15) is 13.2 Å². The average Bonchev–Trinajstić information content (AvgIpc) is 2.04. The molecule has 0 aliphatic rings. The van der Waals surface area contributed by atoms with Gasteiger partial charge in [-0.1, -0.05) is 36.5 Å². The van der Waals surface area contributed by atoms with Crippen molar-refractivity contribution in [3.8, 4) is 0 Å². The first kappa shape index (κ1) is 19.6. The Hall–Kier alpha value is -0.990. The Labute approximate surface area is 91.2 Å². The predicted octanol–water partition coefficient (Wildman–Crippen LogP) is 5.29. The van der Waals surface area contributed by atoms with E-state index in [4.69, 9.17) is 0 Å². The largest absolute Gasteiger partial charge is 0.386 e. The van der Waals surface area contributed by atoms with Crippen LogP contribution in [0.4, 0.5) is 13.2 Å². The van der Waals surface area contributed by atoms with Gasteiger partial charge in [-0.3, -0.25) is 0 Å². The molecular weight excluding hydrogens is 201 g/mol. The summed E-state index contributed by atoms with van der Waals surface area (Å²) in [5.74, 6) is 0. The molecule has 0 heterocycles. The zero-order valence-corrected chi connectivity index (χ0v) is 10.2. The Kier molecular flexibility index (Phi) is 17.0. The lowest BCUT2D eigenvalue weighted by Crippen LogP contribution is -1.95. The van der Waals surface area contributed by atoms with Crippen molar-refractivity contribution in [1.82, 2.24) is 0 Å². The van der Waals surface area contributed by atoms with E-state index in [-0.39, 0.29) is 6.92 Å². The van der Waals surface area contributed by atoms with Crippen molar-refractivity contribution >= 4 is 0 Å². The van der Waals surface area contributed by atoms with E-state index < -0.39 is 6.18 Å². The quantitative estimate of drug-likeness (QED) is 0.417. The van der Waals surface area contributed by atoms with Crippen LogP contribution in [0, 0.1) is 0 Å². The lowest BCUT2D eigenvalue weighted by molar-refractivity contribution is -0.110. The number of hydrogen-bond donors (Lipinski definition) is 0. The van der Waals surface area contributed by atoms with Crippen LogP contribution in [0.15, 0.2) is 36.5 Å². The molecule has 0 radical (unpaired) electrons. The highest BCUT2D eigenvalue weighted by atomic mass is 19.4. The van der Waals surface area contributed by atoms with Crippen LogP contribution in [0.3, 0.4) is 0 Å². The van der Waals surface area contributed by atoms with Gasteiger partial charge in [0.25, 0.3) is 0 Å². The molecule has 15 heavy (non-hydrogen) atoms. The summed E-state index contributed by atoms with van der Waals surface area (Å²) in [6.07, 6.45) is 3.66. The molecule has 0 nitrogen and oxygen atoms in total. The fraction of sp³-hybridized carbons (Fsp3) is 0.500. The van der Waals surface area contributed by atoms with Crippen LogP contribution >= 0.6 is 0 Å². The van der Waals surface area contributed by atoms with Crippen molar-refractivity contribution in [2.75, 3.05) is 0 Å². The Balaban J connectivity index is -0.000000144. The molecule has 0 rings (SSSR count). The van der Waals surface area contributed by atoms with E-state index in [1.165, 1.54) is 5.57 Å². The van der Waals surface area contributed by atoms with E-state index >= 15 is 0 Å². The van der Waals surface area contributed by atoms with Crippen molar-refractivity contribution in [2.45, 2.75) is 40.8 Å². The third-order valence-electron chi connectivity index (χ3n) is 0.906. The van der Waals surface area contributed by atoms with Gasteiger partial charge in [0.05, 0.1) is 0 Å². The molecule has 0 spiro atoms. The molecule has 0 atom stereocenters. The van der Waals surface area contributed by atoms with Gasteiger partial charge in [0.15, 0.2) is 0 Å². The van der Waals surface area contributed by atoms with Crippen molar-refractivity contribution in [3.63, 3.8) is 0 Å². The van der Waals surface area contributed by atoms with Gasteiger partial charge in [-0.25, -0.2) is 0 Å². The number of halogens is 3. The third kappa shape index (κ3) is 174. The van der Waals surface area contributed by atoms with Gasteiger partial charge in [0.1, 0.15) is 0 Å². The molecule has 0 bridgehead atoms. The normalized spacial score (nSPS) is 9.33. The van der Waals surface area contributed by atoms with Crippen molar-refractivity contribution in [3.05, 3.63) is 36.5 Å². The highest BCUT2D eigenvalue weighted by Gasteiger charge is 2.15. The second kappa shape index (κ2) is 13.0. The van der Waals surface area contributed by atoms with Gasteiger partial charge >= 0.3 is 6.18 Å². The summed E-state index contributed by atoms with van der Waals surface area (Å²) in [4.78, 5) is 0. The standard InChI is InChI=1S/C5H10.C5H8.C2H3F3/c1-4-5(2)3;1-3-5-4-2;1-2(3,4)5/h4H,1-3H3;3-5H,1H2,2H3;1H3/b;5-4-;. The first-order chi connectivity index (χ1) is 6.68. The van der Waals surface area contributed by atoms with Crippen molar-refractivity contribution in [2.24, 2.45) is 0 Å². The predicted molar refractivity (Wildman–Crippen MR) is 61.8 cm³/mol. The third-order valence-corrected chi connectivity index (χ3v) is 0.906. The molecule has 90 valence electrons. The summed E-state index contributed by atoms with van der Waals surface area (Å²) in [5.41, 5.74) is 1.38. The van der Waals surface area contributed by atoms with E-state index in [0.29, 0.717) is 0 Å². The minimum absolute atomic E-state index is 0.188. The van der Waals surface area contributed by atoms with Crippen LogP contribution in [0.5, 0.6) is 0 Å². The minimum atomic E-state index is -4.00. The second-order valence-corrected chi connectivity index (χ2v) is 2.91. The number of allylic oxidation sites excluding steroid dienone is 5.